The lowest BCUT2D eigenvalue weighted by atomic mass is 9.84. The summed E-state index contributed by atoms with van der Waals surface area (Å²) in [5.74, 6) is -0.111. The summed E-state index contributed by atoms with van der Waals surface area (Å²) in [4.78, 5) is 0. The Morgan fingerprint density at radius 2 is 1.59 bits per heavy atom. The number of hydrogen-bond donors (Lipinski definition) is 2. The number of hydrogen-bond acceptors (Lipinski definition) is 7. The lowest BCUT2D eigenvalue weighted by Crippen LogP contribution is -2.64. The van der Waals surface area contributed by atoms with Gasteiger partial charge in [-0.3, -0.25) is 0 Å². The number of methoxy groups -OCH3 is 1. The Hall–Kier alpha value is -1.48. The Bertz CT molecular complexity index is 630. The van der Waals surface area contributed by atoms with Crippen molar-refractivity contribution >= 4 is 0 Å². The Labute approximate surface area is 159 Å². The minimum absolute atomic E-state index is 0.235. The average Bonchev–Trinajstić information content (AvgIpc) is 2.97. The second kappa shape index (κ2) is 8.26. The molecule has 3 rings (SSSR count). The molecule has 0 unspecified atom stereocenters. The van der Waals surface area contributed by atoms with Gasteiger partial charge >= 0.3 is 0 Å². The molecule has 1 aliphatic heterocycles. The first-order chi connectivity index (χ1) is 12.9. The van der Waals surface area contributed by atoms with E-state index >= 15 is 0 Å². The highest BCUT2D eigenvalue weighted by molar-refractivity contribution is 5.26. The molecule has 0 radical (unpaired) electrons. The minimum atomic E-state index is -1.17. The number of ether oxygens (including phenoxy) is 5. The predicted molar refractivity (Wildman–Crippen MR) is 97.3 cm³/mol. The van der Waals surface area contributed by atoms with Crippen molar-refractivity contribution in [2.75, 3.05) is 13.7 Å². The zero-order chi connectivity index (χ0) is 19.6. The highest BCUT2D eigenvalue weighted by Gasteiger charge is 2.58. The Balaban J connectivity index is 1.74. The van der Waals surface area contributed by atoms with Crippen LogP contribution in [0.4, 0.5) is 0 Å². The van der Waals surface area contributed by atoms with E-state index in [2.05, 4.69) is 6.58 Å². The van der Waals surface area contributed by atoms with Gasteiger partial charge in [-0.05, 0) is 31.5 Å². The fraction of sp³-hybridized carbons (Fsp3) is 0.600. The van der Waals surface area contributed by atoms with Crippen molar-refractivity contribution < 1.29 is 33.9 Å². The van der Waals surface area contributed by atoms with Crippen molar-refractivity contribution in [2.24, 2.45) is 0 Å². The Morgan fingerprint density at radius 3 is 2.11 bits per heavy atom. The zero-order valence-corrected chi connectivity index (χ0v) is 15.9. The molecule has 2 aliphatic rings. The maximum absolute atomic E-state index is 10.6. The molecule has 1 saturated carbocycles. The normalized spacial score (nSPS) is 34.9. The molecule has 1 aromatic rings. The molecular weight excluding hydrogens is 352 g/mol. The van der Waals surface area contributed by atoms with E-state index in [4.69, 9.17) is 23.7 Å². The highest BCUT2D eigenvalue weighted by atomic mass is 16.8. The Kier molecular flexibility index (Phi) is 6.20. The summed E-state index contributed by atoms with van der Waals surface area (Å²) in [6, 6.07) is 7.44. The van der Waals surface area contributed by atoms with Crippen LogP contribution in [0.15, 0.2) is 36.9 Å². The van der Waals surface area contributed by atoms with E-state index in [1.165, 1.54) is 0 Å². The van der Waals surface area contributed by atoms with Crippen LogP contribution in [-0.2, 0) is 25.6 Å². The van der Waals surface area contributed by atoms with E-state index in [9.17, 15) is 10.2 Å². The number of benzene rings is 1. The predicted octanol–water partition coefficient (Wildman–Crippen LogP) is 1.41. The van der Waals surface area contributed by atoms with Crippen LogP contribution < -0.4 is 4.74 Å². The van der Waals surface area contributed by atoms with Crippen molar-refractivity contribution in [3.8, 4) is 5.75 Å². The molecule has 0 aromatic heterocycles. The quantitative estimate of drug-likeness (QED) is 0.692. The van der Waals surface area contributed by atoms with Gasteiger partial charge < -0.3 is 33.9 Å². The van der Waals surface area contributed by atoms with Gasteiger partial charge in [0.05, 0.1) is 20.3 Å². The van der Waals surface area contributed by atoms with E-state index in [-0.39, 0.29) is 13.2 Å². The van der Waals surface area contributed by atoms with E-state index in [1.807, 2.05) is 24.3 Å². The first-order valence-electron chi connectivity index (χ1n) is 9.05. The maximum Gasteiger partial charge on any atom is 0.164 e. The van der Waals surface area contributed by atoms with Gasteiger partial charge in [0, 0.05) is 0 Å². The second-order valence-corrected chi connectivity index (χ2v) is 7.26. The van der Waals surface area contributed by atoms with E-state index in [0.29, 0.717) is 0 Å². The van der Waals surface area contributed by atoms with Crippen LogP contribution in [-0.4, -0.2) is 66.3 Å². The van der Waals surface area contributed by atoms with Gasteiger partial charge in [-0.2, -0.15) is 0 Å². The Morgan fingerprint density at radius 1 is 1.04 bits per heavy atom. The average molecular weight is 380 g/mol. The summed E-state index contributed by atoms with van der Waals surface area (Å²) in [5, 5.41) is 21.2. The summed E-state index contributed by atoms with van der Waals surface area (Å²) in [6.45, 7) is 7.68. The molecule has 7 nitrogen and oxygen atoms in total. The summed E-state index contributed by atoms with van der Waals surface area (Å²) < 4.78 is 28.7. The van der Waals surface area contributed by atoms with Gasteiger partial charge in [0.15, 0.2) is 5.79 Å². The van der Waals surface area contributed by atoms with Crippen LogP contribution in [0.3, 0.4) is 0 Å². The molecule has 1 heterocycles. The van der Waals surface area contributed by atoms with Crippen molar-refractivity contribution in [1.82, 2.24) is 0 Å². The number of aliphatic hydroxyl groups excluding tert-OH is 2. The van der Waals surface area contributed by atoms with Gasteiger partial charge in [-0.15, -0.1) is 6.58 Å². The monoisotopic (exact) mass is 380 g/mol. The summed E-state index contributed by atoms with van der Waals surface area (Å²) in [7, 11) is 1.61. The summed E-state index contributed by atoms with van der Waals surface area (Å²) >= 11 is 0. The molecule has 6 atom stereocenters. The smallest absolute Gasteiger partial charge is 0.164 e. The molecule has 150 valence electrons. The fourth-order valence-corrected chi connectivity index (χ4v) is 3.58. The second-order valence-electron chi connectivity index (χ2n) is 7.26. The van der Waals surface area contributed by atoms with Crippen LogP contribution in [0, 0.1) is 0 Å². The van der Waals surface area contributed by atoms with Crippen LogP contribution >= 0.6 is 0 Å². The molecule has 0 amide bonds. The molecule has 27 heavy (non-hydrogen) atoms. The molecule has 7 heteroatoms. The molecule has 1 aliphatic carbocycles. The first-order valence-corrected chi connectivity index (χ1v) is 9.05. The number of rotatable bonds is 7. The SMILES string of the molecule is C=CCO[C@@H]1[C@@H](O)[C@H](O)[C@@H](OCc2ccc(OC)cc2)[C@@H]2OC(C)(C)O[C@@H]21. The zero-order valence-electron chi connectivity index (χ0n) is 15.9. The van der Waals surface area contributed by atoms with Gasteiger partial charge in [-0.1, -0.05) is 18.2 Å². The fourth-order valence-electron chi connectivity index (χ4n) is 3.58. The largest absolute Gasteiger partial charge is 0.497 e. The van der Waals surface area contributed by atoms with Gasteiger partial charge in [0.1, 0.15) is 42.4 Å². The third kappa shape index (κ3) is 4.34. The van der Waals surface area contributed by atoms with Gasteiger partial charge in [0.2, 0.25) is 0 Å². The summed E-state index contributed by atoms with van der Waals surface area (Å²) in [6.07, 6.45) is -3.35. The van der Waals surface area contributed by atoms with E-state index in [1.54, 1.807) is 27.0 Å². The minimum Gasteiger partial charge on any atom is -0.497 e. The van der Waals surface area contributed by atoms with Crippen LogP contribution in [0.5, 0.6) is 5.75 Å². The lowest BCUT2D eigenvalue weighted by molar-refractivity contribution is -0.219. The van der Waals surface area contributed by atoms with Crippen LogP contribution in [0.25, 0.3) is 0 Å². The molecule has 2 N–H and O–H groups in total. The maximum atomic E-state index is 10.6. The molecule has 0 bridgehead atoms. The van der Waals surface area contributed by atoms with Crippen LogP contribution in [0.2, 0.25) is 0 Å². The summed E-state index contributed by atoms with van der Waals surface area (Å²) in [5.41, 5.74) is 0.914. The van der Waals surface area contributed by atoms with Gasteiger partial charge in [0.25, 0.3) is 0 Å². The molecule has 1 aromatic carbocycles. The molecule has 0 spiro atoms. The number of fused-ring (bicyclic) bond motifs is 1. The van der Waals surface area contributed by atoms with E-state index < -0.39 is 42.4 Å². The third-order valence-corrected chi connectivity index (χ3v) is 4.84. The standard InChI is InChI=1S/C20H28O7/c1-5-10-24-16-14(21)15(22)17(19-18(16)26-20(2,3)27-19)25-11-12-6-8-13(23-4)9-7-12/h5-9,14-19,21-22H,1,10-11H2,2-4H3/t14-,15-,16+,17+,18+,19-/m0/s1. The highest BCUT2D eigenvalue weighted by Crippen LogP contribution is 2.40. The molecule has 1 saturated heterocycles. The molecule has 2 fully saturated rings. The van der Waals surface area contributed by atoms with Crippen molar-refractivity contribution in [2.45, 2.75) is 62.9 Å². The third-order valence-electron chi connectivity index (χ3n) is 4.84. The van der Waals surface area contributed by atoms with E-state index in [0.717, 1.165) is 11.3 Å². The molecular formula is C20H28O7. The van der Waals surface area contributed by atoms with Crippen LogP contribution in [0.1, 0.15) is 19.4 Å². The van der Waals surface area contributed by atoms with Crippen molar-refractivity contribution in [3.05, 3.63) is 42.5 Å². The number of aliphatic hydroxyl groups is 2. The van der Waals surface area contributed by atoms with Crippen molar-refractivity contribution in [1.29, 1.82) is 0 Å². The first kappa shape index (κ1) is 20.3. The topological polar surface area (TPSA) is 86.6 Å². The lowest BCUT2D eigenvalue weighted by Gasteiger charge is -2.42. The van der Waals surface area contributed by atoms with Crippen molar-refractivity contribution in [3.63, 3.8) is 0 Å². The van der Waals surface area contributed by atoms with Gasteiger partial charge in [-0.25, -0.2) is 0 Å².